The minimum atomic E-state index is -0.480. The largest absolute Gasteiger partial charge is 0.493 e. The van der Waals surface area contributed by atoms with Crippen LogP contribution in [0.25, 0.3) is 10.9 Å². The lowest BCUT2D eigenvalue weighted by atomic mass is 10.1. The molecule has 130 valence electrons. The second-order valence-electron chi connectivity index (χ2n) is 5.30. The van der Waals surface area contributed by atoms with Crippen LogP contribution in [0.5, 0.6) is 11.5 Å². The number of rotatable bonds is 4. The number of anilines is 2. The molecule has 0 amide bonds. The predicted octanol–water partition coefficient (Wildman–Crippen LogP) is 3.43. The van der Waals surface area contributed by atoms with E-state index in [4.69, 9.17) is 15.9 Å². The highest BCUT2D eigenvalue weighted by molar-refractivity contribution is 5.93. The molecule has 1 heterocycles. The minimum absolute atomic E-state index is 0.135. The van der Waals surface area contributed by atoms with Gasteiger partial charge < -0.3 is 14.8 Å². The molecule has 26 heavy (non-hydrogen) atoms. The van der Waals surface area contributed by atoms with E-state index in [1.165, 1.54) is 32.5 Å². The van der Waals surface area contributed by atoms with Gasteiger partial charge in [0.15, 0.2) is 11.5 Å². The van der Waals surface area contributed by atoms with Crippen molar-refractivity contribution < 1.29 is 18.7 Å². The number of aromatic nitrogens is 2. The fourth-order valence-electron chi connectivity index (χ4n) is 2.41. The van der Waals surface area contributed by atoms with Crippen LogP contribution in [0.15, 0.2) is 36.7 Å². The number of nitrogens with one attached hydrogen (secondary N) is 1. The molecule has 3 rings (SSSR count). The van der Waals surface area contributed by atoms with E-state index in [0.29, 0.717) is 28.2 Å². The highest BCUT2D eigenvalue weighted by Gasteiger charge is 2.13. The van der Waals surface area contributed by atoms with Crippen LogP contribution in [0.2, 0.25) is 0 Å². The number of nitrogens with zero attached hydrogens (tertiary/aromatic N) is 2. The van der Waals surface area contributed by atoms with Gasteiger partial charge in [0.25, 0.3) is 0 Å². The Morgan fingerprint density at radius 3 is 2.73 bits per heavy atom. The summed E-state index contributed by atoms with van der Waals surface area (Å²) in [7, 11) is 1.47. The van der Waals surface area contributed by atoms with Gasteiger partial charge in [0, 0.05) is 24.1 Å². The Morgan fingerprint density at radius 1 is 1.23 bits per heavy atom. The molecule has 0 spiro atoms. The third-order valence-corrected chi connectivity index (χ3v) is 3.56. The number of terminal acetylenes is 1. The molecular formula is C19H14FN3O3. The van der Waals surface area contributed by atoms with Crippen molar-refractivity contribution in [1.82, 2.24) is 9.97 Å². The summed E-state index contributed by atoms with van der Waals surface area (Å²) in [5.74, 6) is 2.38. The summed E-state index contributed by atoms with van der Waals surface area (Å²) < 4.78 is 24.0. The lowest BCUT2D eigenvalue weighted by Gasteiger charge is -2.12. The first-order valence-electron chi connectivity index (χ1n) is 7.56. The zero-order chi connectivity index (χ0) is 18.7. The third-order valence-electron chi connectivity index (χ3n) is 3.56. The Bertz CT molecular complexity index is 1040. The van der Waals surface area contributed by atoms with Gasteiger partial charge in [-0.2, -0.15) is 0 Å². The maximum absolute atomic E-state index is 13.6. The fourth-order valence-corrected chi connectivity index (χ4v) is 2.41. The normalized spacial score (nSPS) is 10.2. The van der Waals surface area contributed by atoms with Crippen molar-refractivity contribution >= 4 is 28.4 Å². The van der Waals surface area contributed by atoms with Gasteiger partial charge in [0.1, 0.15) is 18.0 Å². The topological polar surface area (TPSA) is 73.3 Å². The van der Waals surface area contributed by atoms with Crippen molar-refractivity contribution in [2.45, 2.75) is 6.92 Å². The monoisotopic (exact) mass is 351 g/mol. The Hall–Kier alpha value is -3.66. The number of ether oxygens (including phenoxy) is 2. The second-order valence-corrected chi connectivity index (χ2v) is 5.30. The van der Waals surface area contributed by atoms with Crippen molar-refractivity contribution in [2.24, 2.45) is 0 Å². The smallest absolute Gasteiger partial charge is 0.308 e. The average Bonchev–Trinajstić information content (AvgIpc) is 2.62. The van der Waals surface area contributed by atoms with Crippen LogP contribution in [0.1, 0.15) is 12.5 Å². The molecule has 0 radical (unpaired) electrons. The molecule has 7 heteroatoms. The van der Waals surface area contributed by atoms with E-state index in [-0.39, 0.29) is 11.3 Å². The maximum atomic E-state index is 13.6. The van der Waals surface area contributed by atoms with Gasteiger partial charge in [-0.25, -0.2) is 14.4 Å². The molecule has 3 aromatic rings. The first-order valence-corrected chi connectivity index (χ1v) is 7.56. The molecule has 0 aliphatic carbocycles. The Morgan fingerprint density at radius 2 is 2.04 bits per heavy atom. The summed E-state index contributed by atoms with van der Waals surface area (Å²) in [5, 5.41) is 3.67. The zero-order valence-corrected chi connectivity index (χ0v) is 14.0. The van der Waals surface area contributed by atoms with Crippen molar-refractivity contribution in [3.63, 3.8) is 0 Å². The molecular weight excluding hydrogens is 337 g/mol. The van der Waals surface area contributed by atoms with Crippen LogP contribution < -0.4 is 14.8 Å². The summed E-state index contributed by atoms with van der Waals surface area (Å²) in [4.78, 5) is 19.7. The molecule has 1 N–H and O–H groups in total. The molecule has 2 aromatic carbocycles. The molecule has 0 saturated carbocycles. The number of fused-ring (bicyclic) bond motifs is 1. The van der Waals surface area contributed by atoms with E-state index in [1.807, 2.05) is 0 Å². The lowest BCUT2D eigenvalue weighted by molar-refractivity contribution is -0.132. The number of hydrogen-bond acceptors (Lipinski definition) is 6. The third kappa shape index (κ3) is 3.39. The van der Waals surface area contributed by atoms with E-state index in [2.05, 4.69) is 21.2 Å². The predicted molar refractivity (Wildman–Crippen MR) is 95.0 cm³/mol. The van der Waals surface area contributed by atoms with Gasteiger partial charge in [-0.15, -0.1) is 6.42 Å². The fraction of sp³-hybridized carbons (Fsp3) is 0.105. The average molecular weight is 351 g/mol. The summed E-state index contributed by atoms with van der Waals surface area (Å²) in [6, 6.07) is 7.55. The molecule has 0 fully saturated rings. The van der Waals surface area contributed by atoms with E-state index in [1.54, 1.807) is 18.2 Å². The van der Waals surface area contributed by atoms with Gasteiger partial charge in [-0.3, -0.25) is 4.79 Å². The Labute approximate surface area is 149 Å². The van der Waals surface area contributed by atoms with E-state index in [0.717, 1.165) is 0 Å². The van der Waals surface area contributed by atoms with Crippen molar-refractivity contribution in [1.29, 1.82) is 0 Å². The molecule has 0 aliphatic heterocycles. The maximum Gasteiger partial charge on any atom is 0.308 e. The Kier molecular flexibility index (Phi) is 4.67. The van der Waals surface area contributed by atoms with Gasteiger partial charge in [-0.1, -0.05) is 5.92 Å². The van der Waals surface area contributed by atoms with Crippen molar-refractivity contribution in [3.05, 3.63) is 48.0 Å². The molecule has 0 aliphatic rings. The summed E-state index contributed by atoms with van der Waals surface area (Å²) in [5.41, 5.74) is 1.27. The molecule has 0 atom stereocenters. The molecule has 0 unspecified atom stereocenters. The van der Waals surface area contributed by atoms with E-state index < -0.39 is 11.8 Å². The molecule has 0 bridgehead atoms. The number of esters is 1. The molecule has 0 saturated heterocycles. The highest BCUT2D eigenvalue weighted by atomic mass is 19.1. The standard InChI is InChI=1S/C19H14FN3O3/c1-4-12-7-13(5-6-15(12)20)23-19-14-8-18(26-11(2)24)17(25-3)9-16(14)21-10-22-19/h1,5-10H,2-3H3,(H,21,22,23). The summed E-state index contributed by atoms with van der Waals surface area (Å²) in [6.45, 7) is 1.30. The highest BCUT2D eigenvalue weighted by Crippen LogP contribution is 2.34. The van der Waals surface area contributed by atoms with E-state index >= 15 is 0 Å². The van der Waals surface area contributed by atoms with Gasteiger partial charge in [0.2, 0.25) is 0 Å². The van der Waals surface area contributed by atoms with Crippen molar-refractivity contribution in [2.75, 3.05) is 12.4 Å². The van der Waals surface area contributed by atoms with Crippen LogP contribution in [0, 0.1) is 18.2 Å². The number of methoxy groups -OCH3 is 1. The SMILES string of the molecule is C#Cc1cc(Nc2ncnc3cc(OC)c(OC(C)=O)cc23)ccc1F. The first kappa shape index (κ1) is 17.2. The quantitative estimate of drug-likeness (QED) is 0.441. The summed E-state index contributed by atoms with van der Waals surface area (Å²) >= 11 is 0. The van der Waals surface area contributed by atoms with E-state index in [9.17, 15) is 9.18 Å². The second kappa shape index (κ2) is 7.07. The van der Waals surface area contributed by atoms with Crippen LogP contribution in [-0.4, -0.2) is 23.0 Å². The van der Waals surface area contributed by atoms with Crippen molar-refractivity contribution in [3.8, 4) is 23.8 Å². The minimum Gasteiger partial charge on any atom is -0.493 e. The van der Waals surface area contributed by atoms with Crippen LogP contribution >= 0.6 is 0 Å². The molecule has 1 aromatic heterocycles. The number of carbonyl (C=O) groups excluding carboxylic acids is 1. The van der Waals surface area contributed by atoms with Gasteiger partial charge in [0.05, 0.1) is 18.2 Å². The van der Waals surface area contributed by atoms with Crippen LogP contribution in [0.3, 0.4) is 0 Å². The van der Waals surface area contributed by atoms with Crippen LogP contribution in [0.4, 0.5) is 15.9 Å². The van der Waals surface area contributed by atoms with Gasteiger partial charge >= 0.3 is 5.97 Å². The number of carbonyl (C=O) groups is 1. The Balaban J connectivity index is 2.08. The molecule has 6 nitrogen and oxygen atoms in total. The zero-order valence-electron chi connectivity index (χ0n) is 14.0. The number of halogens is 1. The first-order chi connectivity index (χ1) is 12.5. The van der Waals surface area contributed by atoms with Crippen LogP contribution in [-0.2, 0) is 4.79 Å². The number of benzene rings is 2. The number of hydrogen-bond donors (Lipinski definition) is 1. The van der Waals surface area contributed by atoms with Gasteiger partial charge in [-0.05, 0) is 24.3 Å². The lowest BCUT2D eigenvalue weighted by Crippen LogP contribution is -2.04. The summed E-state index contributed by atoms with van der Waals surface area (Å²) in [6.07, 6.45) is 6.67.